The molecule has 0 saturated carbocycles. The van der Waals surface area contributed by atoms with E-state index >= 15 is 0 Å². The second-order valence-electron chi connectivity index (χ2n) is 4.09. The predicted molar refractivity (Wildman–Crippen MR) is 79.0 cm³/mol. The fourth-order valence-electron chi connectivity index (χ4n) is 1.75. The number of aromatic nitrogens is 2. The number of rotatable bonds is 6. The molecular weight excluding hydrogens is 280 g/mol. The first kappa shape index (κ1) is 14.2. The van der Waals surface area contributed by atoms with Crippen LogP contribution in [0.15, 0.2) is 41.4 Å². The van der Waals surface area contributed by atoms with Crippen LogP contribution in [0.2, 0.25) is 5.02 Å². The van der Waals surface area contributed by atoms with E-state index in [1.54, 1.807) is 4.68 Å². The molecule has 1 aromatic carbocycles. The first-order valence-corrected chi connectivity index (χ1v) is 7.51. The molecule has 0 atom stereocenters. The summed E-state index contributed by atoms with van der Waals surface area (Å²) in [5.41, 5.74) is 0.520. The Bertz CT molecular complexity index is 554. The van der Waals surface area contributed by atoms with Gasteiger partial charge in [0.05, 0.1) is 17.0 Å². The molecule has 0 radical (unpaired) electrons. The first-order valence-electron chi connectivity index (χ1n) is 6.14. The average molecular weight is 295 g/mol. The van der Waals surface area contributed by atoms with Crippen molar-refractivity contribution in [2.24, 2.45) is 0 Å². The van der Waals surface area contributed by atoms with Gasteiger partial charge in [-0.05, 0) is 18.6 Å². The van der Waals surface area contributed by atoms with Gasteiger partial charge >= 0.3 is 0 Å². The Hall–Kier alpha value is -1.26. The van der Waals surface area contributed by atoms with E-state index in [0.717, 1.165) is 11.3 Å². The summed E-state index contributed by atoms with van der Waals surface area (Å²) >= 11 is 7.56. The first-order chi connectivity index (χ1) is 9.22. The lowest BCUT2D eigenvalue weighted by atomic mass is 10.3. The van der Waals surface area contributed by atoms with Gasteiger partial charge in [-0.1, -0.05) is 36.7 Å². The monoisotopic (exact) mass is 294 g/mol. The van der Waals surface area contributed by atoms with Gasteiger partial charge in [0.2, 0.25) is 0 Å². The third-order valence-corrected chi connectivity index (χ3v) is 3.90. The minimum absolute atomic E-state index is 0.0183. The Labute approximate surface area is 122 Å². The summed E-state index contributed by atoms with van der Waals surface area (Å²) in [7, 11) is 0. The van der Waals surface area contributed by atoms with Crippen LogP contribution in [0.1, 0.15) is 23.8 Å². The molecule has 1 aromatic heterocycles. The zero-order valence-corrected chi connectivity index (χ0v) is 12.2. The van der Waals surface area contributed by atoms with Crippen molar-refractivity contribution >= 4 is 29.1 Å². The van der Waals surface area contributed by atoms with Crippen molar-refractivity contribution in [1.82, 2.24) is 9.78 Å². The van der Waals surface area contributed by atoms with Crippen LogP contribution >= 0.6 is 23.4 Å². The van der Waals surface area contributed by atoms with Gasteiger partial charge < -0.3 is 0 Å². The number of aryl methyl sites for hydroxylation is 1. The molecule has 0 N–H and O–H groups in total. The van der Waals surface area contributed by atoms with Crippen molar-refractivity contribution in [3.05, 3.63) is 47.2 Å². The molecule has 0 aliphatic rings. The van der Waals surface area contributed by atoms with Crippen LogP contribution in [0.3, 0.4) is 0 Å². The standard InChI is InChI=1S/C14H15ClN2OS/c1-2-8-17-14(12(15)9-16-17)13(18)10-19-11-6-4-3-5-7-11/h3-7,9H,2,8,10H2,1H3. The van der Waals surface area contributed by atoms with Crippen molar-refractivity contribution in [3.63, 3.8) is 0 Å². The fraction of sp³-hybridized carbons (Fsp3) is 0.286. The smallest absolute Gasteiger partial charge is 0.192 e. The zero-order chi connectivity index (χ0) is 13.7. The lowest BCUT2D eigenvalue weighted by Gasteiger charge is -2.06. The number of carbonyl (C=O) groups excluding carboxylic acids is 1. The highest BCUT2D eigenvalue weighted by Crippen LogP contribution is 2.22. The molecule has 100 valence electrons. The topological polar surface area (TPSA) is 34.9 Å². The molecule has 0 fully saturated rings. The summed E-state index contributed by atoms with van der Waals surface area (Å²) in [5.74, 6) is 0.392. The molecule has 5 heteroatoms. The van der Waals surface area contributed by atoms with E-state index in [1.165, 1.54) is 18.0 Å². The van der Waals surface area contributed by atoms with Crippen molar-refractivity contribution in [2.45, 2.75) is 24.8 Å². The third-order valence-electron chi connectivity index (χ3n) is 2.61. The molecule has 0 saturated heterocycles. The summed E-state index contributed by atoms with van der Waals surface area (Å²) in [4.78, 5) is 13.3. The molecule has 0 aliphatic carbocycles. The van der Waals surface area contributed by atoms with Crippen molar-refractivity contribution in [2.75, 3.05) is 5.75 Å². The van der Waals surface area contributed by atoms with Crippen LogP contribution in [0.4, 0.5) is 0 Å². The minimum Gasteiger partial charge on any atom is -0.291 e. The predicted octanol–water partition coefficient (Wildman–Crippen LogP) is 3.92. The molecule has 0 spiro atoms. The fourth-order valence-corrected chi connectivity index (χ4v) is 2.79. The van der Waals surface area contributed by atoms with Crippen LogP contribution < -0.4 is 0 Å². The van der Waals surface area contributed by atoms with Gasteiger partial charge in [-0.15, -0.1) is 11.8 Å². The molecule has 0 amide bonds. The maximum Gasteiger partial charge on any atom is 0.192 e. The zero-order valence-electron chi connectivity index (χ0n) is 10.7. The van der Waals surface area contributed by atoms with E-state index in [1.807, 2.05) is 37.3 Å². The number of benzene rings is 1. The lowest BCUT2D eigenvalue weighted by molar-refractivity contribution is 0.101. The Balaban J connectivity index is 2.06. The molecule has 0 bridgehead atoms. The van der Waals surface area contributed by atoms with E-state index in [-0.39, 0.29) is 5.78 Å². The molecular formula is C14H15ClN2OS. The Kier molecular flexibility index (Phi) is 5.05. The maximum atomic E-state index is 12.2. The van der Waals surface area contributed by atoms with Crippen LogP contribution in [-0.4, -0.2) is 21.3 Å². The Morgan fingerprint density at radius 3 is 2.79 bits per heavy atom. The summed E-state index contributed by atoms with van der Waals surface area (Å²) in [5, 5.41) is 4.57. The highest BCUT2D eigenvalue weighted by atomic mass is 35.5. The SMILES string of the molecule is CCCn1ncc(Cl)c1C(=O)CSc1ccccc1. The molecule has 1 heterocycles. The summed E-state index contributed by atoms with van der Waals surface area (Å²) in [6.07, 6.45) is 2.46. The number of ketones is 1. The van der Waals surface area contributed by atoms with E-state index in [0.29, 0.717) is 23.0 Å². The lowest BCUT2D eigenvalue weighted by Crippen LogP contribution is -2.12. The third kappa shape index (κ3) is 3.61. The quantitative estimate of drug-likeness (QED) is 0.598. The molecule has 3 nitrogen and oxygen atoms in total. The van der Waals surface area contributed by atoms with Crippen molar-refractivity contribution < 1.29 is 4.79 Å². The molecule has 0 aliphatic heterocycles. The number of halogens is 1. The van der Waals surface area contributed by atoms with Gasteiger partial charge in [0, 0.05) is 11.4 Å². The van der Waals surface area contributed by atoms with E-state index in [4.69, 9.17) is 11.6 Å². The highest BCUT2D eigenvalue weighted by molar-refractivity contribution is 8.00. The molecule has 2 aromatic rings. The van der Waals surface area contributed by atoms with Gasteiger partial charge in [-0.2, -0.15) is 5.10 Å². The van der Waals surface area contributed by atoms with E-state index in [9.17, 15) is 4.79 Å². The summed E-state index contributed by atoms with van der Waals surface area (Å²) in [6, 6.07) is 9.85. The van der Waals surface area contributed by atoms with Gasteiger partial charge in [-0.25, -0.2) is 0 Å². The largest absolute Gasteiger partial charge is 0.291 e. The Morgan fingerprint density at radius 2 is 2.11 bits per heavy atom. The number of thioether (sulfide) groups is 1. The summed E-state index contributed by atoms with van der Waals surface area (Å²) in [6.45, 7) is 2.76. The second-order valence-corrected chi connectivity index (χ2v) is 5.55. The number of nitrogens with zero attached hydrogens (tertiary/aromatic N) is 2. The maximum absolute atomic E-state index is 12.2. The Morgan fingerprint density at radius 1 is 1.37 bits per heavy atom. The highest BCUT2D eigenvalue weighted by Gasteiger charge is 2.17. The van der Waals surface area contributed by atoms with E-state index in [2.05, 4.69) is 5.10 Å². The van der Waals surface area contributed by atoms with Crippen LogP contribution in [0.25, 0.3) is 0 Å². The number of Topliss-reactive ketones (excluding diaryl/α,β-unsaturated/α-hetero) is 1. The number of hydrogen-bond acceptors (Lipinski definition) is 3. The average Bonchev–Trinajstić information content (AvgIpc) is 2.79. The van der Waals surface area contributed by atoms with Crippen molar-refractivity contribution in [1.29, 1.82) is 0 Å². The van der Waals surface area contributed by atoms with Crippen LogP contribution in [-0.2, 0) is 6.54 Å². The molecule has 2 rings (SSSR count). The summed E-state index contributed by atoms with van der Waals surface area (Å²) < 4.78 is 1.69. The normalized spacial score (nSPS) is 10.6. The van der Waals surface area contributed by atoms with Gasteiger partial charge in [0.15, 0.2) is 5.78 Å². The number of carbonyl (C=O) groups is 1. The van der Waals surface area contributed by atoms with Gasteiger partial charge in [-0.3, -0.25) is 9.48 Å². The van der Waals surface area contributed by atoms with Gasteiger partial charge in [0.1, 0.15) is 5.69 Å². The minimum atomic E-state index is 0.0183. The molecule has 0 unspecified atom stereocenters. The molecule has 19 heavy (non-hydrogen) atoms. The second kappa shape index (κ2) is 6.78. The van der Waals surface area contributed by atoms with Gasteiger partial charge in [0.25, 0.3) is 0 Å². The van der Waals surface area contributed by atoms with E-state index < -0.39 is 0 Å². The van der Waals surface area contributed by atoms with Crippen LogP contribution in [0, 0.1) is 0 Å². The van der Waals surface area contributed by atoms with Crippen LogP contribution in [0.5, 0.6) is 0 Å². The number of hydrogen-bond donors (Lipinski definition) is 0. The van der Waals surface area contributed by atoms with Crippen molar-refractivity contribution in [3.8, 4) is 0 Å².